The summed E-state index contributed by atoms with van der Waals surface area (Å²) in [6.45, 7) is 4.64. The van der Waals surface area contributed by atoms with E-state index in [1.165, 1.54) is 6.07 Å². The van der Waals surface area contributed by atoms with Crippen molar-refractivity contribution in [3.05, 3.63) is 36.0 Å². The fraction of sp³-hybridized carbons (Fsp3) is 0.389. The maximum atomic E-state index is 13.2. The Hall–Kier alpha value is -3.44. The van der Waals surface area contributed by atoms with Crippen LogP contribution >= 0.6 is 0 Å². The predicted molar refractivity (Wildman–Crippen MR) is 103 cm³/mol. The van der Waals surface area contributed by atoms with Crippen LogP contribution in [0.5, 0.6) is 0 Å². The zero-order valence-electron chi connectivity index (χ0n) is 16.1. The first-order valence-corrected chi connectivity index (χ1v) is 9.50. The van der Waals surface area contributed by atoms with Crippen molar-refractivity contribution < 1.29 is 13.2 Å². The van der Waals surface area contributed by atoms with Crippen LogP contribution in [0.2, 0.25) is 0 Å². The fourth-order valence-electron chi connectivity index (χ4n) is 3.78. The van der Waals surface area contributed by atoms with Crippen LogP contribution in [-0.4, -0.2) is 60.9 Å². The molecule has 1 aliphatic rings. The van der Waals surface area contributed by atoms with Crippen molar-refractivity contribution in [2.24, 2.45) is 0 Å². The first kappa shape index (κ1) is 18.6. The Morgan fingerprint density at radius 2 is 1.80 bits per heavy atom. The molecule has 0 saturated carbocycles. The molecule has 1 saturated heterocycles. The Bertz CT molecular complexity index is 1210. The van der Waals surface area contributed by atoms with Crippen LogP contribution in [0.15, 0.2) is 24.5 Å². The van der Waals surface area contributed by atoms with Gasteiger partial charge < -0.3 is 14.8 Å². The molecule has 5 heterocycles. The lowest BCUT2D eigenvalue weighted by molar-refractivity contribution is -0.146. The van der Waals surface area contributed by atoms with Crippen LogP contribution in [-0.2, 0) is 6.18 Å². The quantitative estimate of drug-likeness (QED) is 0.536. The molecule has 30 heavy (non-hydrogen) atoms. The van der Waals surface area contributed by atoms with Crippen molar-refractivity contribution >= 4 is 28.3 Å². The molecular formula is C18H18F3N9. The van der Waals surface area contributed by atoms with E-state index in [2.05, 4.69) is 35.1 Å². The number of aromatic amines is 1. The third kappa shape index (κ3) is 3.17. The van der Waals surface area contributed by atoms with Crippen molar-refractivity contribution in [3.63, 3.8) is 0 Å². The minimum Gasteiger partial charge on any atom is -0.354 e. The summed E-state index contributed by atoms with van der Waals surface area (Å²) < 4.78 is 40.2. The Morgan fingerprint density at radius 1 is 1.00 bits per heavy atom. The second-order valence-electron chi connectivity index (χ2n) is 7.22. The highest BCUT2D eigenvalue weighted by Gasteiger charge is 2.37. The first-order chi connectivity index (χ1) is 14.4. The molecule has 0 amide bonds. The molecule has 0 atom stereocenters. The summed E-state index contributed by atoms with van der Waals surface area (Å²) in [6.07, 6.45) is -2.26. The largest absolute Gasteiger partial charge is 0.453 e. The number of halogens is 3. The van der Waals surface area contributed by atoms with E-state index in [-0.39, 0.29) is 5.65 Å². The number of aromatic nitrogens is 7. The van der Waals surface area contributed by atoms with Gasteiger partial charge in [-0.25, -0.2) is 9.97 Å². The third-order valence-electron chi connectivity index (χ3n) is 5.15. The summed E-state index contributed by atoms with van der Waals surface area (Å²) in [6, 6.07) is 5.15. The summed E-state index contributed by atoms with van der Waals surface area (Å²) in [4.78, 5) is 16.2. The van der Waals surface area contributed by atoms with Crippen LogP contribution in [0.25, 0.3) is 16.7 Å². The molecule has 12 heteroatoms. The molecule has 0 unspecified atom stereocenters. The highest BCUT2D eigenvalue weighted by molar-refractivity contribution is 5.86. The number of hydrogen-bond donors (Lipinski definition) is 1. The van der Waals surface area contributed by atoms with Crippen molar-refractivity contribution in [2.75, 3.05) is 36.0 Å². The van der Waals surface area contributed by atoms with Crippen LogP contribution in [0.3, 0.4) is 0 Å². The summed E-state index contributed by atoms with van der Waals surface area (Å²) in [5.41, 5.74) is 2.82. The molecule has 9 nitrogen and oxygen atoms in total. The van der Waals surface area contributed by atoms with Crippen molar-refractivity contribution in [1.29, 1.82) is 0 Å². The van der Waals surface area contributed by atoms with E-state index >= 15 is 0 Å². The van der Waals surface area contributed by atoms with Crippen LogP contribution < -0.4 is 9.80 Å². The van der Waals surface area contributed by atoms with Gasteiger partial charge in [0.2, 0.25) is 0 Å². The van der Waals surface area contributed by atoms with E-state index in [4.69, 9.17) is 0 Å². The molecule has 156 valence electrons. The van der Waals surface area contributed by atoms with Gasteiger partial charge in [-0.3, -0.25) is 0 Å². The van der Waals surface area contributed by atoms with E-state index in [0.29, 0.717) is 25.5 Å². The summed E-state index contributed by atoms with van der Waals surface area (Å²) in [5.74, 6) is 0.163. The lowest BCUT2D eigenvalue weighted by Gasteiger charge is -2.23. The maximum absolute atomic E-state index is 13.2. The van der Waals surface area contributed by atoms with Crippen LogP contribution in [0.4, 0.5) is 24.8 Å². The minimum atomic E-state index is -4.62. The number of rotatable bonds is 2. The van der Waals surface area contributed by atoms with Crippen LogP contribution in [0, 0.1) is 6.92 Å². The average molecular weight is 417 g/mol. The number of nitrogens with zero attached hydrogens (tertiary/aromatic N) is 8. The minimum absolute atomic E-state index is 0.0630. The molecule has 0 radical (unpaired) electrons. The van der Waals surface area contributed by atoms with Crippen molar-refractivity contribution in [3.8, 4) is 0 Å². The number of anilines is 2. The summed E-state index contributed by atoms with van der Waals surface area (Å²) in [7, 11) is 0. The van der Waals surface area contributed by atoms with Gasteiger partial charge >= 0.3 is 6.18 Å². The Morgan fingerprint density at radius 3 is 2.63 bits per heavy atom. The van der Waals surface area contributed by atoms with Gasteiger partial charge in [-0.2, -0.15) is 17.7 Å². The lowest BCUT2D eigenvalue weighted by atomic mass is 10.3. The van der Waals surface area contributed by atoms with Gasteiger partial charge in [-0.1, -0.05) is 0 Å². The maximum Gasteiger partial charge on any atom is 0.453 e. The van der Waals surface area contributed by atoms with Crippen LogP contribution in [0.1, 0.15) is 17.9 Å². The van der Waals surface area contributed by atoms with Gasteiger partial charge in [0.1, 0.15) is 17.7 Å². The standard InChI is InChI=1S/C18H18F3N9/c1-11-9-12-15(24-11)16(23-10-22-12)29-6-2-5-28(7-8-29)14-4-3-13-25-26-17(18(19,20)21)30(13)27-14/h3-4,9-10,24H,2,5-8H2,1H3. The zero-order chi connectivity index (χ0) is 20.9. The molecule has 1 N–H and O–H groups in total. The van der Waals surface area contributed by atoms with Gasteiger partial charge in [0.15, 0.2) is 11.5 Å². The first-order valence-electron chi connectivity index (χ1n) is 9.50. The van der Waals surface area contributed by atoms with Gasteiger partial charge in [0.05, 0.1) is 5.52 Å². The number of alkyl halides is 3. The molecule has 5 rings (SSSR count). The molecule has 0 bridgehead atoms. The SMILES string of the molecule is Cc1cc2ncnc(N3CCCN(c4ccc5nnc(C(F)(F)F)n5n4)CC3)c2[nH]1. The van der Waals surface area contributed by atoms with Gasteiger partial charge in [0.25, 0.3) is 5.82 Å². The molecule has 0 aromatic carbocycles. The fourth-order valence-corrected chi connectivity index (χ4v) is 3.78. The Balaban J connectivity index is 1.42. The highest BCUT2D eigenvalue weighted by Crippen LogP contribution is 2.28. The number of hydrogen-bond acceptors (Lipinski definition) is 7. The molecule has 1 fully saturated rings. The van der Waals surface area contributed by atoms with E-state index in [0.717, 1.165) is 40.0 Å². The Kier molecular flexibility index (Phi) is 4.22. The van der Waals surface area contributed by atoms with Gasteiger partial charge in [-0.05, 0) is 31.5 Å². The lowest BCUT2D eigenvalue weighted by Crippen LogP contribution is -2.32. The zero-order valence-corrected chi connectivity index (χ0v) is 16.1. The summed E-state index contributed by atoms with van der Waals surface area (Å²) in [5, 5.41) is 11.0. The van der Waals surface area contributed by atoms with E-state index in [1.807, 2.05) is 17.9 Å². The predicted octanol–water partition coefficient (Wildman–Crippen LogP) is 2.44. The molecule has 0 aliphatic carbocycles. The van der Waals surface area contributed by atoms with E-state index in [9.17, 15) is 13.2 Å². The van der Waals surface area contributed by atoms with E-state index < -0.39 is 12.0 Å². The molecule has 4 aromatic rings. The topological polar surface area (TPSA) is 91.1 Å². The monoisotopic (exact) mass is 417 g/mol. The number of fused-ring (bicyclic) bond motifs is 2. The van der Waals surface area contributed by atoms with Crippen molar-refractivity contribution in [2.45, 2.75) is 19.5 Å². The normalized spacial score (nSPS) is 15.9. The number of H-pyrrole nitrogens is 1. The molecule has 4 aromatic heterocycles. The molecule has 0 spiro atoms. The number of aryl methyl sites for hydroxylation is 1. The second kappa shape index (κ2) is 6.82. The highest BCUT2D eigenvalue weighted by atomic mass is 19.4. The Labute approximate surface area is 168 Å². The van der Waals surface area contributed by atoms with Crippen molar-refractivity contribution in [1.82, 2.24) is 34.8 Å². The third-order valence-corrected chi connectivity index (χ3v) is 5.15. The number of nitrogens with one attached hydrogen (secondary N) is 1. The second-order valence-corrected chi connectivity index (χ2v) is 7.22. The smallest absolute Gasteiger partial charge is 0.354 e. The van der Waals surface area contributed by atoms with Gasteiger partial charge in [-0.15, -0.1) is 15.3 Å². The van der Waals surface area contributed by atoms with E-state index in [1.54, 1.807) is 12.4 Å². The summed E-state index contributed by atoms with van der Waals surface area (Å²) >= 11 is 0. The van der Waals surface area contributed by atoms with Gasteiger partial charge in [0, 0.05) is 31.9 Å². The molecule has 1 aliphatic heterocycles. The molecular weight excluding hydrogens is 399 g/mol. The average Bonchev–Trinajstić information content (AvgIpc) is 3.22.